The molecule has 0 aliphatic heterocycles. The van der Waals surface area contributed by atoms with Crippen LogP contribution in [0.3, 0.4) is 0 Å². The molecule has 1 fully saturated rings. The molecule has 7 heteroatoms. The van der Waals surface area contributed by atoms with Gasteiger partial charge < -0.3 is 20.1 Å². The molecule has 0 spiro atoms. The van der Waals surface area contributed by atoms with Crippen molar-refractivity contribution in [2.45, 2.75) is 25.8 Å². The molecule has 0 bridgehead atoms. The van der Waals surface area contributed by atoms with E-state index in [0.717, 1.165) is 11.5 Å². The Morgan fingerprint density at radius 3 is 2.39 bits per heavy atom. The Morgan fingerprint density at radius 2 is 1.74 bits per heavy atom. The van der Waals surface area contributed by atoms with E-state index in [-0.39, 0.29) is 0 Å². The van der Waals surface area contributed by atoms with Crippen LogP contribution in [0.15, 0.2) is 18.2 Å². The second-order valence-corrected chi connectivity index (χ2v) is 5.82. The van der Waals surface area contributed by atoms with Crippen molar-refractivity contribution in [3.8, 4) is 11.5 Å². The third-order valence-electron chi connectivity index (χ3n) is 3.50. The van der Waals surface area contributed by atoms with Crippen molar-refractivity contribution in [1.82, 2.24) is 9.97 Å². The quantitative estimate of drug-likeness (QED) is 0.838. The van der Waals surface area contributed by atoms with Crippen LogP contribution in [0.2, 0.25) is 5.02 Å². The fourth-order valence-electron chi connectivity index (χ4n) is 2.24. The Morgan fingerprint density at radius 1 is 1.04 bits per heavy atom. The van der Waals surface area contributed by atoms with E-state index in [9.17, 15) is 0 Å². The standard InChI is InChI=1S/C16H19ClN4O2/c1-9-18-15(20-10-4-5-10)8-16(19-9)21-12-7-13(22-2)11(17)6-14(12)23-3/h6-8,10H,4-5H2,1-3H3,(H2,18,19,20,21). The van der Waals surface area contributed by atoms with Gasteiger partial charge in [0.05, 0.1) is 24.9 Å². The number of anilines is 3. The van der Waals surface area contributed by atoms with Gasteiger partial charge in [-0.25, -0.2) is 9.97 Å². The van der Waals surface area contributed by atoms with Crippen LogP contribution in [-0.4, -0.2) is 30.2 Å². The summed E-state index contributed by atoms with van der Waals surface area (Å²) in [5, 5.41) is 7.11. The topological polar surface area (TPSA) is 68.3 Å². The molecular formula is C16H19ClN4O2. The molecular weight excluding hydrogens is 316 g/mol. The highest BCUT2D eigenvalue weighted by atomic mass is 35.5. The van der Waals surface area contributed by atoms with Crippen molar-refractivity contribution in [2.24, 2.45) is 0 Å². The first-order valence-electron chi connectivity index (χ1n) is 7.40. The predicted molar refractivity (Wildman–Crippen MR) is 91.3 cm³/mol. The summed E-state index contributed by atoms with van der Waals surface area (Å²) in [6.45, 7) is 1.86. The third kappa shape index (κ3) is 3.76. The zero-order valence-corrected chi connectivity index (χ0v) is 14.1. The number of ether oxygens (including phenoxy) is 2. The maximum absolute atomic E-state index is 6.13. The highest BCUT2D eigenvalue weighted by Crippen LogP contribution is 2.37. The van der Waals surface area contributed by atoms with Gasteiger partial charge in [-0.2, -0.15) is 0 Å². The first-order chi connectivity index (χ1) is 11.1. The molecule has 1 aliphatic rings. The lowest BCUT2D eigenvalue weighted by atomic mass is 10.2. The monoisotopic (exact) mass is 334 g/mol. The van der Waals surface area contributed by atoms with Gasteiger partial charge in [0.15, 0.2) is 0 Å². The summed E-state index contributed by atoms with van der Waals surface area (Å²) in [7, 11) is 3.17. The molecule has 2 N–H and O–H groups in total. The van der Waals surface area contributed by atoms with Gasteiger partial charge in [0.1, 0.15) is 29.0 Å². The Hall–Kier alpha value is -2.21. The Kier molecular flexibility index (Phi) is 4.43. The SMILES string of the molecule is COc1cc(Nc2cc(NC3CC3)nc(C)n2)c(OC)cc1Cl. The van der Waals surface area contributed by atoms with E-state index in [4.69, 9.17) is 21.1 Å². The molecule has 1 aromatic heterocycles. The largest absolute Gasteiger partial charge is 0.495 e. The number of hydrogen-bond donors (Lipinski definition) is 2. The Balaban J connectivity index is 1.89. The summed E-state index contributed by atoms with van der Waals surface area (Å²) in [5.74, 6) is 3.38. The summed E-state index contributed by atoms with van der Waals surface area (Å²) >= 11 is 6.13. The normalized spacial score (nSPS) is 13.6. The zero-order valence-electron chi connectivity index (χ0n) is 13.3. The van der Waals surface area contributed by atoms with E-state index in [2.05, 4.69) is 20.6 Å². The van der Waals surface area contributed by atoms with Gasteiger partial charge in [-0.3, -0.25) is 0 Å². The van der Waals surface area contributed by atoms with Crippen LogP contribution in [0.4, 0.5) is 17.3 Å². The highest BCUT2D eigenvalue weighted by Gasteiger charge is 2.21. The average molecular weight is 335 g/mol. The Bertz CT molecular complexity index is 719. The lowest BCUT2D eigenvalue weighted by Gasteiger charge is -2.14. The lowest BCUT2D eigenvalue weighted by Crippen LogP contribution is -2.06. The first kappa shape index (κ1) is 15.7. The van der Waals surface area contributed by atoms with Crippen LogP contribution in [-0.2, 0) is 0 Å². The third-order valence-corrected chi connectivity index (χ3v) is 3.80. The molecule has 0 amide bonds. The molecule has 0 radical (unpaired) electrons. The van der Waals surface area contributed by atoms with Gasteiger partial charge >= 0.3 is 0 Å². The number of methoxy groups -OCH3 is 2. The Labute approximate surface area is 140 Å². The second-order valence-electron chi connectivity index (χ2n) is 5.42. The fourth-order valence-corrected chi connectivity index (χ4v) is 2.47. The molecule has 0 unspecified atom stereocenters. The summed E-state index contributed by atoms with van der Waals surface area (Å²) in [4.78, 5) is 8.83. The van der Waals surface area contributed by atoms with E-state index in [0.29, 0.717) is 34.2 Å². The van der Waals surface area contributed by atoms with Crippen molar-refractivity contribution in [3.05, 3.63) is 29.0 Å². The zero-order chi connectivity index (χ0) is 16.4. The van der Waals surface area contributed by atoms with Gasteiger partial charge in [-0.1, -0.05) is 11.6 Å². The van der Waals surface area contributed by atoms with Crippen molar-refractivity contribution >= 4 is 28.9 Å². The van der Waals surface area contributed by atoms with Crippen LogP contribution in [0, 0.1) is 6.92 Å². The van der Waals surface area contributed by atoms with Crippen molar-refractivity contribution < 1.29 is 9.47 Å². The average Bonchev–Trinajstić information content (AvgIpc) is 3.32. The van der Waals surface area contributed by atoms with Crippen molar-refractivity contribution in [2.75, 3.05) is 24.9 Å². The van der Waals surface area contributed by atoms with Crippen LogP contribution in [0.25, 0.3) is 0 Å². The molecule has 122 valence electrons. The number of halogens is 1. The fraction of sp³-hybridized carbons (Fsp3) is 0.375. The summed E-state index contributed by atoms with van der Waals surface area (Å²) in [5.41, 5.74) is 0.726. The molecule has 1 saturated carbocycles. The van der Waals surface area contributed by atoms with E-state index in [1.54, 1.807) is 26.4 Å². The van der Waals surface area contributed by atoms with Gasteiger partial charge in [-0.15, -0.1) is 0 Å². The van der Waals surface area contributed by atoms with Crippen LogP contribution in [0.1, 0.15) is 18.7 Å². The van der Waals surface area contributed by atoms with Gasteiger partial charge in [0, 0.05) is 24.2 Å². The maximum atomic E-state index is 6.13. The molecule has 1 heterocycles. The van der Waals surface area contributed by atoms with Crippen molar-refractivity contribution in [3.63, 3.8) is 0 Å². The number of aromatic nitrogens is 2. The minimum atomic E-state index is 0.491. The maximum Gasteiger partial charge on any atom is 0.144 e. The van der Waals surface area contributed by atoms with E-state index in [1.807, 2.05) is 13.0 Å². The van der Waals surface area contributed by atoms with Crippen LogP contribution in [0.5, 0.6) is 11.5 Å². The number of benzene rings is 1. The van der Waals surface area contributed by atoms with E-state index < -0.39 is 0 Å². The van der Waals surface area contributed by atoms with Crippen molar-refractivity contribution in [1.29, 1.82) is 0 Å². The minimum Gasteiger partial charge on any atom is -0.495 e. The number of rotatable bonds is 6. The summed E-state index contributed by atoms with van der Waals surface area (Å²) in [6.07, 6.45) is 2.38. The molecule has 0 atom stereocenters. The molecule has 2 aromatic rings. The van der Waals surface area contributed by atoms with Crippen LogP contribution < -0.4 is 20.1 Å². The predicted octanol–water partition coefficient (Wildman–Crippen LogP) is 3.77. The second kappa shape index (κ2) is 6.50. The number of nitrogens with zero attached hydrogens (tertiary/aromatic N) is 2. The first-order valence-corrected chi connectivity index (χ1v) is 7.77. The van der Waals surface area contributed by atoms with Gasteiger partial charge in [-0.05, 0) is 19.8 Å². The molecule has 0 saturated heterocycles. The number of hydrogen-bond acceptors (Lipinski definition) is 6. The summed E-state index contributed by atoms with van der Waals surface area (Å²) < 4.78 is 10.6. The highest BCUT2D eigenvalue weighted by molar-refractivity contribution is 6.32. The lowest BCUT2D eigenvalue weighted by molar-refractivity contribution is 0.405. The summed E-state index contributed by atoms with van der Waals surface area (Å²) in [6, 6.07) is 5.90. The number of aryl methyl sites for hydroxylation is 1. The molecule has 1 aliphatic carbocycles. The van der Waals surface area contributed by atoms with E-state index in [1.165, 1.54) is 12.8 Å². The van der Waals surface area contributed by atoms with Crippen LogP contribution >= 0.6 is 11.6 Å². The molecule has 1 aromatic carbocycles. The molecule has 23 heavy (non-hydrogen) atoms. The molecule has 6 nitrogen and oxygen atoms in total. The number of nitrogens with one attached hydrogen (secondary N) is 2. The smallest absolute Gasteiger partial charge is 0.144 e. The van der Waals surface area contributed by atoms with E-state index >= 15 is 0 Å². The van der Waals surface area contributed by atoms with Gasteiger partial charge in [0.25, 0.3) is 0 Å². The van der Waals surface area contributed by atoms with Gasteiger partial charge in [0.2, 0.25) is 0 Å². The molecule has 3 rings (SSSR count). The minimum absolute atomic E-state index is 0.491.